The van der Waals surface area contributed by atoms with Crippen LogP contribution in [0.1, 0.15) is 25.0 Å². The molecule has 2 bridgehead atoms. The summed E-state index contributed by atoms with van der Waals surface area (Å²) in [5.41, 5.74) is 9.39. The molecule has 5 heterocycles. The number of aliphatic hydroxyl groups excluding tert-OH is 1. The molecular weight excluding hydrogens is 463 g/mol. The van der Waals surface area contributed by atoms with Crippen molar-refractivity contribution in [1.29, 1.82) is 0 Å². The van der Waals surface area contributed by atoms with Crippen LogP contribution in [0, 0.1) is 0 Å². The summed E-state index contributed by atoms with van der Waals surface area (Å²) in [5, 5.41) is 17.8. The second-order valence-corrected chi connectivity index (χ2v) is 9.06. The fourth-order valence-corrected chi connectivity index (χ4v) is 5.49. The van der Waals surface area contributed by atoms with Gasteiger partial charge >= 0.3 is 0 Å². The Morgan fingerprint density at radius 1 is 1.26 bits per heavy atom. The van der Waals surface area contributed by atoms with Crippen molar-refractivity contribution >= 4 is 39.6 Å². The number of halogens is 2. The molecule has 12 heteroatoms. The van der Waals surface area contributed by atoms with Gasteiger partial charge in [-0.25, -0.2) is 24.3 Å². The van der Waals surface area contributed by atoms with Crippen LogP contribution in [0.5, 0.6) is 5.88 Å². The third kappa shape index (κ3) is 3.11. The van der Waals surface area contributed by atoms with Crippen molar-refractivity contribution < 1.29 is 14.2 Å². The summed E-state index contributed by atoms with van der Waals surface area (Å²) in [6.45, 7) is -0.351. The highest BCUT2D eigenvalue weighted by atomic mass is 35.5. The lowest BCUT2D eigenvalue weighted by Gasteiger charge is -2.41. The summed E-state index contributed by atoms with van der Waals surface area (Å²) >= 11 is 6.70. The lowest BCUT2D eigenvalue weighted by Crippen LogP contribution is -2.56. The molecule has 10 nitrogen and oxygen atoms in total. The second kappa shape index (κ2) is 7.97. The van der Waals surface area contributed by atoms with Crippen LogP contribution in [0.15, 0.2) is 18.3 Å². The molecule has 2 saturated heterocycles. The number of hydrogen-bond acceptors (Lipinski definition) is 9. The van der Waals surface area contributed by atoms with Crippen LogP contribution in [0.25, 0.3) is 33.5 Å². The molecule has 6 rings (SSSR count). The van der Waals surface area contributed by atoms with Gasteiger partial charge in [0.05, 0.1) is 42.2 Å². The molecule has 34 heavy (non-hydrogen) atoms. The number of alkyl halides is 1. The van der Waals surface area contributed by atoms with Crippen LogP contribution in [0.2, 0.25) is 5.02 Å². The predicted molar refractivity (Wildman–Crippen MR) is 124 cm³/mol. The number of rotatable bonds is 4. The first kappa shape index (κ1) is 21.4. The van der Waals surface area contributed by atoms with Gasteiger partial charge in [-0.1, -0.05) is 11.6 Å². The molecule has 4 atom stereocenters. The monoisotopic (exact) mass is 484 g/mol. The number of methoxy groups -OCH3 is 1. The first-order valence-corrected chi connectivity index (χ1v) is 11.4. The van der Waals surface area contributed by atoms with Crippen LogP contribution in [-0.4, -0.2) is 66.6 Å². The largest absolute Gasteiger partial charge is 0.480 e. The molecule has 0 spiro atoms. The highest BCUT2D eigenvalue weighted by Gasteiger charge is 2.48. The Bertz CT molecular complexity index is 1410. The van der Waals surface area contributed by atoms with Crippen molar-refractivity contribution in [2.24, 2.45) is 5.73 Å². The van der Waals surface area contributed by atoms with Gasteiger partial charge in [-0.05, 0) is 31.4 Å². The van der Waals surface area contributed by atoms with E-state index in [2.05, 4.69) is 25.1 Å². The molecule has 1 aromatic carbocycles. The fourth-order valence-electron chi connectivity index (χ4n) is 5.20. The number of fused-ring (bicyclic) bond motifs is 4. The normalized spacial score (nSPS) is 24.3. The minimum Gasteiger partial charge on any atom is -0.480 e. The number of H-pyrrole nitrogens is 1. The van der Waals surface area contributed by atoms with Crippen molar-refractivity contribution in [2.45, 2.75) is 50.2 Å². The van der Waals surface area contributed by atoms with Crippen LogP contribution >= 0.6 is 11.6 Å². The van der Waals surface area contributed by atoms with E-state index in [0.717, 1.165) is 6.42 Å². The van der Waals surface area contributed by atoms with Gasteiger partial charge in [0.25, 0.3) is 0 Å². The van der Waals surface area contributed by atoms with E-state index in [1.54, 1.807) is 12.1 Å². The van der Waals surface area contributed by atoms with E-state index in [9.17, 15) is 9.50 Å². The van der Waals surface area contributed by atoms with Gasteiger partial charge in [0.1, 0.15) is 22.9 Å². The van der Waals surface area contributed by atoms with E-state index < -0.39 is 12.2 Å². The lowest BCUT2D eigenvalue weighted by atomic mass is 9.96. The number of anilines is 1. The van der Waals surface area contributed by atoms with Crippen molar-refractivity contribution in [3.05, 3.63) is 29.0 Å². The molecule has 2 aliphatic rings. The second-order valence-electron chi connectivity index (χ2n) is 8.68. The number of aliphatic hydroxyl groups is 1. The summed E-state index contributed by atoms with van der Waals surface area (Å²) in [6.07, 6.45) is 2.41. The number of ether oxygens (including phenoxy) is 1. The number of aromatic amines is 1. The smallest absolute Gasteiger partial charge is 0.232 e. The van der Waals surface area contributed by atoms with Crippen molar-refractivity contribution in [3.63, 3.8) is 0 Å². The first-order chi connectivity index (χ1) is 16.5. The van der Waals surface area contributed by atoms with Crippen LogP contribution < -0.4 is 15.4 Å². The SMILES string of the molecule is COc1cnc2ccc(-c3[nH]nc4nc(N5[C@H]6CC[C@H]5[C@@H](F)[C@@H](N)C6)c(CO)nc34)c(Cl)c2n1. The molecule has 4 aromatic rings. The number of hydrogen-bond donors (Lipinski definition) is 3. The molecule has 0 aliphatic carbocycles. The average molecular weight is 485 g/mol. The maximum Gasteiger partial charge on any atom is 0.232 e. The summed E-state index contributed by atoms with van der Waals surface area (Å²) in [7, 11) is 1.51. The minimum atomic E-state index is -1.16. The zero-order chi connectivity index (χ0) is 23.6. The lowest BCUT2D eigenvalue weighted by molar-refractivity contribution is 0.202. The molecule has 0 radical (unpaired) electrons. The summed E-state index contributed by atoms with van der Waals surface area (Å²) < 4.78 is 20.0. The van der Waals surface area contributed by atoms with E-state index in [4.69, 9.17) is 27.1 Å². The third-order valence-corrected chi connectivity index (χ3v) is 7.19. The van der Waals surface area contributed by atoms with Gasteiger partial charge in [-0.2, -0.15) is 5.10 Å². The van der Waals surface area contributed by atoms with Crippen LogP contribution in [0.4, 0.5) is 10.2 Å². The molecule has 176 valence electrons. The summed E-state index contributed by atoms with van der Waals surface area (Å²) in [6, 6.07) is 2.78. The number of aromatic nitrogens is 6. The predicted octanol–water partition coefficient (Wildman–Crippen LogP) is 2.52. The Labute approximate surface area is 198 Å². The molecule has 4 N–H and O–H groups in total. The third-order valence-electron chi connectivity index (χ3n) is 6.81. The number of piperidine rings is 1. The minimum absolute atomic E-state index is 0.0611. The highest BCUT2D eigenvalue weighted by Crippen LogP contribution is 2.42. The molecule has 0 saturated carbocycles. The van der Waals surface area contributed by atoms with Crippen molar-refractivity contribution in [3.8, 4) is 17.1 Å². The Balaban J connectivity index is 1.48. The molecule has 3 aromatic heterocycles. The Hall–Kier alpha value is -3.15. The molecule has 0 amide bonds. The maximum atomic E-state index is 14.9. The van der Waals surface area contributed by atoms with Crippen LogP contribution in [0.3, 0.4) is 0 Å². The van der Waals surface area contributed by atoms with Crippen molar-refractivity contribution in [1.82, 2.24) is 30.1 Å². The van der Waals surface area contributed by atoms with Gasteiger partial charge in [0.2, 0.25) is 11.5 Å². The van der Waals surface area contributed by atoms with E-state index in [-0.39, 0.29) is 18.7 Å². The first-order valence-electron chi connectivity index (χ1n) is 11.0. The zero-order valence-electron chi connectivity index (χ0n) is 18.2. The Morgan fingerprint density at radius 2 is 2.12 bits per heavy atom. The number of nitrogens with two attached hydrogens (primary N) is 1. The fraction of sp³-hybridized carbons (Fsp3) is 0.409. The summed E-state index contributed by atoms with van der Waals surface area (Å²) in [4.78, 5) is 20.0. The Morgan fingerprint density at radius 3 is 2.91 bits per heavy atom. The zero-order valence-corrected chi connectivity index (χ0v) is 19.0. The quantitative estimate of drug-likeness (QED) is 0.398. The number of benzene rings is 1. The maximum absolute atomic E-state index is 14.9. The molecule has 2 aliphatic heterocycles. The van der Waals surface area contributed by atoms with Gasteiger partial charge in [-0.15, -0.1) is 0 Å². The number of nitrogens with one attached hydrogen (secondary N) is 1. The van der Waals surface area contributed by atoms with E-state index in [1.165, 1.54) is 13.3 Å². The molecule has 0 unspecified atom stereocenters. The van der Waals surface area contributed by atoms with Gasteiger partial charge in [0.15, 0.2) is 5.82 Å². The Kier molecular flexibility index (Phi) is 5.01. The average Bonchev–Trinajstić information content (AvgIpc) is 3.42. The van der Waals surface area contributed by atoms with Crippen molar-refractivity contribution in [2.75, 3.05) is 12.0 Å². The van der Waals surface area contributed by atoms with Gasteiger partial charge in [-0.3, -0.25) is 5.10 Å². The standard InChI is InChI=1S/C22H22ClFN8O2/c1-34-15-7-26-12-4-3-10(16(23)19(12)28-15)18-20-21(31-30-18)29-22(13(8-33)27-20)32-9-2-5-14(32)17(24)11(25)6-9/h3-4,7,9,11,14,17,33H,2,5-6,8,25H2,1H3,(H,29,30,31)/t9-,11-,14-,17-/m0/s1. The number of nitrogens with zero attached hydrogens (tertiary/aromatic N) is 6. The topological polar surface area (TPSA) is 139 Å². The molecular formula is C22H22ClFN8O2. The van der Waals surface area contributed by atoms with E-state index in [0.29, 0.717) is 68.7 Å². The van der Waals surface area contributed by atoms with Crippen LogP contribution in [-0.2, 0) is 6.61 Å². The van der Waals surface area contributed by atoms with Gasteiger partial charge < -0.3 is 20.5 Å². The molecule has 2 fully saturated rings. The van der Waals surface area contributed by atoms with E-state index in [1.807, 2.05) is 4.90 Å². The summed E-state index contributed by atoms with van der Waals surface area (Å²) in [5.74, 6) is 0.797. The van der Waals surface area contributed by atoms with E-state index >= 15 is 0 Å². The van der Waals surface area contributed by atoms with Gasteiger partial charge in [0, 0.05) is 17.6 Å². The highest BCUT2D eigenvalue weighted by molar-refractivity contribution is 6.38.